The smallest absolute Gasteiger partial charge is 0.188 e. The fourth-order valence-corrected chi connectivity index (χ4v) is 2.02. The molecule has 1 aliphatic rings. The lowest BCUT2D eigenvalue weighted by Gasteiger charge is -2.03. The maximum Gasteiger partial charge on any atom is 0.188 e. The molecule has 3 nitrogen and oxygen atoms in total. The van der Waals surface area contributed by atoms with E-state index in [1.54, 1.807) is 0 Å². The van der Waals surface area contributed by atoms with Crippen molar-refractivity contribution in [3.05, 3.63) is 0 Å². The second kappa shape index (κ2) is 2.59. The summed E-state index contributed by atoms with van der Waals surface area (Å²) in [5, 5.41) is 0.373. The highest BCUT2D eigenvalue weighted by Gasteiger charge is 2.27. The minimum Gasteiger partial charge on any atom is -0.274 e. The van der Waals surface area contributed by atoms with Crippen molar-refractivity contribution in [2.24, 2.45) is 10.9 Å². The molecular weight excluding hydrogens is 162 g/mol. The van der Waals surface area contributed by atoms with Crippen molar-refractivity contribution in [2.45, 2.75) is 26.3 Å². The molecule has 11 heavy (non-hydrogen) atoms. The van der Waals surface area contributed by atoms with Crippen LogP contribution in [0, 0.1) is 5.92 Å². The van der Waals surface area contributed by atoms with Crippen molar-refractivity contribution in [3.8, 4) is 0 Å². The Morgan fingerprint density at radius 1 is 1.45 bits per heavy atom. The second-order valence-corrected chi connectivity index (χ2v) is 5.23. The van der Waals surface area contributed by atoms with Crippen LogP contribution in [0.2, 0.25) is 0 Å². The van der Waals surface area contributed by atoms with Gasteiger partial charge in [-0.1, -0.05) is 6.92 Å². The largest absolute Gasteiger partial charge is 0.274 e. The quantitative estimate of drug-likeness (QED) is 0.548. The molecule has 0 N–H and O–H groups in total. The molecule has 0 saturated carbocycles. The first-order valence-corrected chi connectivity index (χ1v) is 5.57. The average molecular weight is 175 g/mol. The monoisotopic (exact) mass is 175 g/mol. The lowest BCUT2D eigenvalue weighted by Crippen LogP contribution is -2.10. The molecule has 0 aromatic rings. The predicted octanol–water partition coefficient (Wildman–Crippen LogP) is 0.858. The van der Waals surface area contributed by atoms with Crippen LogP contribution < -0.4 is 0 Å². The molecule has 1 heterocycles. The van der Waals surface area contributed by atoms with E-state index in [0.717, 1.165) is 0 Å². The summed E-state index contributed by atoms with van der Waals surface area (Å²) in [6.07, 6.45) is 1.83. The summed E-state index contributed by atoms with van der Waals surface area (Å²) in [6, 6.07) is 0.166. The van der Waals surface area contributed by atoms with Gasteiger partial charge in [-0.25, -0.2) is 8.42 Å². The van der Waals surface area contributed by atoms with E-state index < -0.39 is 9.84 Å². The third-order valence-corrected chi connectivity index (χ3v) is 3.22. The normalized spacial score (nSPS) is 32.1. The van der Waals surface area contributed by atoms with Gasteiger partial charge >= 0.3 is 0 Å². The van der Waals surface area contributed by atoms with Crippen LogP contribution in [-0.2, 0) is 9.84 Å². The van der Waals surface area contributed by atoms with E-state index in [2.05, 4.69) is 4.99 Å². The molecule has 0 aromatic heterocycles. The molecule has 2 atom stereocenters. The van der Waals surface area contributed by atoms with Gasteiger partial charge in [0, 0.05) is 12.7 Å². The lowest BCUT2D eigenvalue weighted by molar-refractivity contribution is 0.539. The summed E-state index contributed by atoms with van der Waals surface area (Å²) in [6.45, 7) is 3.97. The number of rotatable bonds is 0. The van der Waals surface area contributed by atoms with Crippen LogP contribution in [0.4, 0.5) is 0 Å². The number of aliphatic imine (C=N–C) groups is 1. The average Bonchev–Trinajstić information content (AvgIpc) is 2.11. The Balaban J connectivity index is 2.89. The molecule has 4 heteroatoms. The van der Waals surface area contributed by atoms with Gasteiger partial charge in [0.1, 0.15) is 5.04 Å². The zero-order valence-electron chi connectivity index (χ0n) is 7.03. The first-order chi connectivity index (χ1) is 4.91. The van der Waals surface area contributed by atoms with Gasteiger partial charge in [-0.05, 0) is 12.8 Å². The number of nitrogens with zero attached hydrogens (tertiary/aromatic N) is 1. The van der Waals surface area contributed by atoms with Crippen LogP contribution in [0.15, 0.2) is 4.99 Å². The van der Waals surface area contributed by atoms with E-state index in [4.69, 9.17) is 0 Å². The Bertz CT molecular complexity index is 279. The Labute approximate surface area is 67.4 Å². The van der Waals surface area contributed by atoms with Gasteiger partial charge in [-0.3, -0.25) is 4.99 Å². The molecule has 0 aromatic carbocycles. The van der Waals surface area contributed by atoms with Crippen molar-refractivity contribution >= 4 is 14.9 Å². The van der Waals surface area contributed by atoms with Crippen LogP contribution >= 0.6 is 0 Å². The molecule has 64 valence electrons. The Kier molecular flexibility index (Phi) is 2.05. The zero-order valence-corrected chi connectivity index (χ0v) is 7.85. The van der Waals surface area contributed by atoms with E-state index in [9.17, 15) is 8.42 Å². The molecule has 0 aliphatic carbocycles. The highest BCUT2D eigenvalue weighted by atomic mass is 32.2. The van der Waals surface area contributed by atoms with E-state index in [-0.39, 0.29) is 6.04 Å². The zero-order chi connectivity index (χ0) is 8.65. The number of hydrogen-bond donors (Lipinski definition) is 0. The Morgan fingerprint density at radius 3 is 2.18 bits per heavy atom. The maximum absolute atomic E-state index is 11.0. The van der Waals surface area contributed by atoms with Crippen molar-refractivity contribution in [1.29, 1.82) is 0 Å². The molecule has 1 aliphatic heterocycles. The summed E-state index contributed by atoms with van der Waals surface area (Å²) >= 11 is 0. The van der Waals surface area contributed by atoms with E-state index in [1.807, 2.05) is 13.8 Å². The second-order valence-electron chi connectivity index (χ2n) is 3.22. The predicted molar refractivity (Wildman–Crippen MR) is 45.5 cm³/mol. The summed E-state index contributed by atoms with van der Waals surface area (Å²) in [4.78, 5) is 4.07. The Morgan fingerprint density at radius 2 is 2.00 bits per heavy atom. The molecule has 0 fully saturated rings. The third kappa shape index (κ3) is 1.80. The molecule has 0 radical (unpaired) electrons. The van der Waals surface area contributed by atoms with Crippen LogP contribution in [0.3, 0.4) is 0 Å². The van der Waals surface area contributed by atoms with Crippen LogP contribution in [0.1, 0.15) is 20.3 Å². The first kappa shape index (κ1) is 8.71. The van der Waals surface area contributed by atoms with E-state index in [0.29, 0.717) is 17.4 Å². The Hall–Kier alpha value is -0.380. The van der Waals surface area contributed by atoms with Gasteiger partial charge in [-0.15, -0.1) is 0 Å². The van der Waals surface area contributed by atoms with E-state index >= 15 is 0 Å². The van der Waals surface area contributed by atoms with Gasteiger partial charge < -0.3 is 0 Å². The summed E-state index contributed by atoms with van der Waals surface area (Å²) in [5.41, 5.74) is 0. The van der Waals surface area contributed by atoms with Gasteiger partial charge in [0.25, 0.3) is 0 Å². The molecule has 0 saturated heterocycles. The van der Waals surface area contributed by atoms with Crippen LogP contribution in [0.25, 0.3) is 0 Å². The van der Waals surface area contributed by atoms with Gasteiger partial charge in [0.05, 0.1) is 6.04 Å². The van der Waals surface area contributed by atoms with E-state index in [1.165, 1.54) is 6.26 Å². The third-order valence-electron chi connectivity index (χ3n) is 2.10. The topological polar surface area (TPSA) is 46.5 Å². The minimum atomic E-state index is -3.02. The van der Waals surface area contributed by atoms with Crippen molar-refractivity contribution in [1.82, 2.24) is 0 Å². The SMILES string of the molecule is CC1CC(S(C)(=O)=O)=NC1C. The summed E-state index contributed by atoms with van der Waals surface area (Å²) in [5.74, 6) is 0.375. The van der Waals surface area contributed by atoms with Gasteiger partial charge in [0.15, 0.2) is 9.84 Å². The molecule has 2 unspecified atom stereocenters. The van der Waals surface area contributed by atoms with Crippen LogP contribution in [-0.4, -0.2) is 25.8 Å². The first-order valence-electron chi connectivity index (χ1n) is 3.68. The van der Waals surface area contributed by atoms with Crippen molar-refractivity contribution < 1.29 is 8.42 Å². The molecular formula is C7H13NO2S. The molecule has 0 spiro atoms. The molecule has 1 rings (SSSR count). The summed E-state index contributed by atoms with van der Waals surface area (Å²) < 4.78 is 22.0. The van der Waals surface area contributed by atoms with Crippen LogP contribution in [0.5, 0.6) is 0 Å². The fraction of sp³-hybridized carbons (Fsp3) is 0.857. The molecule has 0 bridgehead atoms. The fourth-order valence-electron chi connectivity index (χ4n) is 1.10. The van der Waals surface area contributed by atoms with Crippen molar-refractivity contribution in [2.75, 3.05) is 6.26 Å². The maximum atomic E-state index is 11.0. The highest BCUT2D eigenvalue weighted by molar-refractivity contribution is 8.05. The van der Waals surface area contributed by atoms with Gasteiger partial charge in [-0.2, -0.15) is 0 Å². The van der Waals surface area contributed by atoms with Crippen molar-refractivity contribution in [3.63, 3.8) is 0 Å². The number of sulfone groups is 1. The lowest BCUT2D eigenvalue weighted by atomic mass is 10.1. The van der Waals surface area contributed by atoms with Gasteiger partial charge in [0.2, 0.25) is 0 Å². The number of hydrogen-bond acceptors (Lipinski definition) is 3. The molecule has 0 amide bonds. The summed E-state index contributed by atoms with van der Waals surface area (Å²) in [7, 11) is -3.02. The minimum absolute atomic E-state index is 0.166. The standard InChI is InChI=1S/C7H13NO2S/c1-5-4-7(8-6(5)2)11(3,9)10/h5-6H,4H2,1-3H3. The highest BCUT2D eigenvalue weighted by Crippen LogP contribution is 2.22.